The predicted octanol–water partition coefficient (Wildman–Crippen LogP) is 2.23. The SMILES string of the molecule is CC[C@H]1CC[C@@H]2C1C(=O)OC[C@H]2C. The maximum Gasteiger partial charge on any atom is 0.309 e. The minimum Gasteiger partial charge on any atom is -0.465 e. The molecule has 0 bridgehead atoms. The highest BCUT2D eigenvalue weighted by Gasteiger charge is 2.46. The van der Waals surface area contributed by atoms with Crippen molar-refractivity contribution in [2.75, 3.05) is 6.61 Å². The fourth-order valence-corrected chi connectivity index (χ4v) is 3.01. The number of carbonyl (C=O) groups excluding carboxylic acids is 1. The Kier molecular flexibility index (Phi) is 2.31. The average Bonchev–Trinajstić information content (AvgIpc) is 2.56. The van der Waals surface area contributed by atoms with Crippen LogP contribution in [0, 0.1) is 23.7 Å². The zero-order valence-electron chi connectivity index (χ0n) is 8.45. The zero-order valence-corrected chi connectivity index (χ0v) is 8.45. The number of hydrogen-bond donors (Lipinski definition) is 0. The molecule has 1 aliphatic heterocycles. The minimum absolute atomic E-state index is 0.0763. The summed E-state index contributed by atoms with van der Waals surface area (Å²) in [5.41, 5.74) is 0. The molecule has 1 unspecified atom stereocenters. The van der Waals surface area contributed by atoms with E-state index in [2.05, 4.69) is 13.8 Å². The van der Waals surface area contributed by atoms with E-state index in [0.717, 1.165) is 6.42 Å². The number of carbonyl (C=O) groups is 1. The number of rotatable bonds is 1. The molecule has 2 heteroatoms. The molecule has 1 saturated carbocycles. The summed E-state index contributed by atoms with van der Waals surface area (Å²) in [5, 5.41) is 0. The topological polar surface area (TPSA) is 26.3 Å². The Morgan fingerprint density at radius 2 is 2.23 bits per heavy atom. The molecule has 0 aromatic heterocycles. The summed E-state index contributed by atoms with van der Waals surface area (Å²) < 4.78 is 5.20. The molecule has 1 heterocycles. The lowest BCUT2D eigenvalue weighted by Crippen LogP contribution is -2.37. The van der Waals surface area contributed by atoms with Crippen LogP contribution < -0.4 is 0 Å². The second kappa shape index (κ2) is 3.32. The Labute approximate surface area is 79.7 Å². The van der Waals surface area contributed by atoms with Crippen LogP contribution in [0.5, 0.6) is 0 Å². The van der Waals surface area contributed by atoms with Crippen LogP contribution in [0.1, 0.15) is 33.1 Å². The molecule has 2 nitrogen and oxygen atoms in total. The number of hydrogen-bond acceptors (Lipinski definition) is 2. The van der Waals surface area contributed by atoms with Crippen molar-refractivity contribution in [3.63, 3.8) is 0 Å². The van der Waals surface area contributed by atoms with E-state index in [9.17, 15) is 4.79 Å². The fourth-order valence-electron chi connectivity index (χ4n) is 3.01. The van der Waals surface area contributed by atoms with Gasteiger partial charge in [0.1, 0.15) is 0 Å². The lowest BCUT2D eigenvalue weighted by Gasteiger charge is -2.32. The Morgan fingerprint density at radius 3 is 2.92 bits per heavy atom. The first-order valence-electron chi connectivity index (χ1n) is 5.40. The molecule has 0 aromatic rings. The van der Waals surface area contributed by atoms with E-state index in [1.807, 2.05) is 0 Å². The second-order valence-corrected chi connectivity index (χ2v) is 4.54. The van der Waals surface area contributed by atoms with Crippen molar-refractivity contribution in [3.8, 4) is 0 Å². The van der Waals surface area contributed by atoms with Crippen LogP contribution in [0.15, 0.2) is 0 Å². The van der Waals surface area contributed by atoms with Crippen LogP contribution >= 0.6 is 0 Å². The van der Waals surface area contributed by atoms with Crippen molar-refractivity contribution in [3.05, 3.63) is 0 Å². The molecule has 0 aromatic carbocycles. The highest BCUT2D eigenvalue weighted by atomic mass is 16.5. The van der Waals surface area contributed by atoms with Crippen LogP contribution in [-0.4, -0.2) is 12.6 Å². The summed E-state index contributed by atoms with van der Waals surface area (Å²) >= 11 is 0. The van der Waals surface area contributed by atoms with Crippen molar-refractivity contribution < 1.29 is 9.53 Å². The molecule has 2 aliphatic rings. The van der Waals surface area contributed by atoms with E-state index in [-0.39, 0.29) is 11.9 Å². The van der Waals surface area contributed by atoms with Gasteiger partial charge in [-0.3, -0.25) is 4.79 Å². The summed E-state index contributed by atoms with van der Waals surface area (Å²) in [4.78, 5) is 11.6. The van der Waals surface area contributed by atoms with Gasteiger partial charge >= 0.3 is 5.97 Å². The Hall–Kier alpha value is -0.530. The molecule has 1 saturated heterocycles. The molecule has 2 rings (SSSR count). The van der Waals surface area contributed by atoms with Crippen molar-refractivity contribution in [1.82, 2.24) is 0 Å². The lowest BCUT2D eigenvalue weighted by atomic mass is 9.80. The fraction of sp³-hybridized carbons (Fsp3) is 0.909. The normalized spacial score (nSPS) is 44.3. The Bertz CT molecular complexity index is 212. The molecule has 0 spiro atoms. The Morgan fingerprint density at radius 1 is 1.46 bits per heavy atom. The molecule has 74 valence electrons. The van der Waals surface area contributed by atoms with E-state index in [4.69, 9.17) is 4.74 Å². The molecule has 2 fully saturated rings. The highest BCUT2D eigenvalue weighted by Crippen LogP contribution is 2.45. The first-order chi connectivity index (χ1) is 6.24. The van der Waals surface area contributed by atoms with Gasteiger partial charge < -0.3 is 4.74 Å². The Balaban J connectivity index is 2.16. The summed E-state index contributed by atoms with van der Waals surface area (Å²) in [6, 6.07) is 0. The summed E-state index contributed by atoms with van der Waals surface area (Å²) in [6.45, 7) is 5.04. The van der Waals surface area contributed by atoms with Crippen LogP contribution in [0.2, 0.25) is 0 Å². The van der Waals surface area contributed by atoms with Crippen molar-refractivity contribution >= 4 is 5.97 Å². The maximum atomic E-state index is 11.6. The van der Waals surface area contributed by atoms with Gasteiger partial charge in [-0.1, -0.05) is 20.3 Å². The van der Waals surface area contributed by atoms with E-state index >= 15 is 0 Å². The predicted molar refractivity (Wildman–Crippen MR) is 50.1 cm³/mol. The summed E-state index contributed by atoms with van der Waals surface area (Å²) in [7, 11) is 0. The van der Waals surface area contributed by atoms with E-state index in [0.29, 0.717) is 24.4 Å². The van der Waals surface area contributed by atoms with Crippen LogP contribution in [-0.2, 0) is 9.53 Å². The van der Waals surface area contributed by atoms with Gasteiger partial charge in [0.2, 0.25) is 0 Å². The van der Waals surface area contributed by atoms with Crippen molar-refractivity contribution in [2.45, 2.75) is 33.1 Å². The van der Waals surface area contributed by atoms with Crippen molar-refractivity contribution in [1.29, 1.82) is 0 Å². The average molecular weight is 182 g/mol. The molecule has 1 aliphatic carbocycles. The van der Waals surface area contributed by atoms with Gasteiger partial charge in [0.25, 0.3) is 0 Å². The molecule has 4 atom stereocenters. The molecular weight excluding hydrogens is 164 g/mol. The van der Waals surface area contributed by atoms with Gasteiger partial charge in [0.15, 0.2) is 0 Å². The molecular formula is C11H18O2. The van der Waals surface area contributed by atoms with Gasteiger partial charge in [-0.25, -0.2) is 0 Å². The standard InChI is InChI=1S/C11H18O2/c1-3-8-4-5-9-7(2)6-13-11(12)10(8)9/h7-10H,3-6H2,1-2H3/t7-,8+,9+,10?/m1/s1. The third-order valence-electron chi connectivity index (χ3n) is 3.86. The van der Waals surface area contributed by atoms with Gasteiger partial charge in [0.05, 0.1) is 12.5 Å². The van der Waals surface area contributed by atoms with Gasteiger partial charge in [-0.2, -0.15) is 0 Å². The molecule has 0 amide bonds. The maximum absolute atomic E-state index is 11.6. The van der Waals surface area contributed by atoms with Crippen molar-refractivity contribution in [2.24, 2.45) is 23.7 Å². The number of fused-ring (bicyclic) bond motifs is 1. The molecule has 0 N–H and O–H groups in total. The third-order valence-corrected chi connectivity index (χ3v) is 3.86. The van der Waals surface area contributed by atoms with E-state index in [1.54, 1.807) is 0 Å². The summed E-state index contributed by atoms with van der Waals surface area (Å²) in [6.07, 6.45) is 3.59. The lowest BCUT2D eigenvalue weighted by molar-refractivity contribution is -0.161. The highest BCUT2D eigenvalue weighted by molar-refractivity contribution is 5.74. The molecule has 0 radical (unpaired) electrons. The first kappa shape index (κ1) is 9.04. The summed E-state index contributed by atoms with van der Waals surface area (Å²) in [5.74, 6) is 2.10. The minimum atomic E-state index is 0.0763. The van der Waals surface area contributed by atoms with Crippen LogP contribution in [0.25, 0.3) is 0 Å². The third kappa shape index (κ3) is 1.36. The van der Waals surface area contributed by atoms with Crippen LogP contribution in [0.4, 0.5) is 0 Å². The first-order valence-corrected chi connectivity index (χ1v) is 5.40. The number of cyclic esters (lactones) is 1. The second-order valence-electron chi connectivity index (χ2n) is 4.54. The van der Waals surface area contributed by atoms with Gasteiger partial charge in [0, 0.05) is 0 Å². The number of ether oxygens (including phenoxy) is 1. The monoisotopic (exact) mass is 182 g/mol. The molecule has 13 heavy (non-hydrogen) atoms. The quantitative estimate of drug-likeness (QED) is 0.581. The van der Waals surface area contributed by atoms with Gasteiger partial charge in [-0.05, 0) is 30.6 Å². The van der Waals surface area contributed by atoms with Gasteiger partial charge in [-0.15, -0.1) is 0 Å². The largest absolute Gasteiger partial charge is 0.465 e. The van der Waals surface area contributed by atoms with Crippen LogP contribution in [0.3, 0.4) is 0 Å². The number of esters is 1. The smallest absolute Gasteiger partial charge is 0.309 e. The van der Waals surface area contributed by atoms with E-state index < -0.39 is 0 Å². The zero-order chi connectivity index (χ0) is 9.42. The van der Waals surface area contributed by atoms with E-state index in [1.165, 1.54) is 12.8 Å².